The van der Waals surface area contributed by atoms with Crippen molar-refractivity contribution in [3.63, 3.8) is 0 Å². The molecule has 0 heterocycles. The van der Waals surface area contributed by atoms with Crippen molar-refractivity contribution in [2.75, 3.05) is 21.3 Å². The van der Waals surface area contributed by atoms with Crippen molar-refractivity contribution < 1.29 is 13.3 Å². The van der Waals surface area contributed by atoms with Crippen molar-refractivity contribution in [1.29, 1.82) is 0 Å². The zero-order chi connectivity index (χ0) is 13.6. The molecule has 1 rings (SSSR count). The fraction of sp³-hybridized carbons (Fsp3) is 0.538. The Morgan fingerprint density at radius 3 is 1.94 bits per heavy atom. The molecule has 0 aliphatic carbocycles. The lowest BCUT2D eigenvalue weighted by Crippen LogP contribution is -2.43. The van der Waals surface area contributed by atoms with E-state index in [1.165, 1.54) is 11.1 Å². The Bertz CT molecular complexity index is 341. The summed E-state index contributed by atoms with van der Waals surface area (Å²) in [4.78, 5) is 0.386. The van der Waals surface area contributed by atoms with Crippen LogP contribution in [-0.4, -0.2) is 30.1 Å². The van der Waals surface area contributed by atoms with E-state index >= 15 is 0 Å². The number of hydrogen-bond acceptors (Lipinski definition) is 3. The van der Waals surface area contributed by atoms with Gasteiger partial charge in [-0.2, -0.15) is 0 Å². The summed E-state index contributed by atoms with van der Waals surface area (Å²) in [6, 6.07) is 9.37. The summed E-state index contributed by atoms with van der Waals surface area (Å²) in [5.41, 5.74) is 2.56. The Morgan fingerprint density at radius 1 is 1.06 bits per heavy atom. The van der Waals surface area contributed by atoms with Crippen LogP contribution >= 0.6 is 15.9 Å². The first-order valence-electron chi connectivity index (χ1n) is 5.95. The first kappa shape index (κ1) is 15.9. The fourth-order valence-corrected chi connectivity index (χ4v) is 3.82. The lowest BCUT2D eigenvalue weighted by Gasteiger charge is -2.24. The molecule has 1 unspecified atom stereocenters. The molecule has 0 fully saturated rings. The van der Waals surface area contributed by atoms with Gasteiger partial charge in [0, 0.05) is 32.2 Å². The van der Waals surface area contributed by atoms with Gasteiger partial charge in [0.25, 0.3) is 0 Å². The molecule has 3 nitrogen and oxygen atoms in total. The molecular formula is C13H21BrO3Si. The van der Waals surface area contributed by atoms with Gasteiger partial charge in [0.15, 0.2) is 0 Å². The van der Waals surface area contributed by atoms with Gasteiger partial charge in [-0.15, -0.1) is 0 Å². The zero-order valence-electron chi connectivity index (χ0n) is 11.4. The Labute approximate surface area is 119 Å². The van der Waals surface area contributed by atoms with Gasteiger partial charge in [-0.3, -0.25) is 0 Å². The molecule has 0 saturated carbocycles. The average molecular weight is 333 g/mol. The molecule has 102 valence electrons. The van der Waals surface area contributed by atoms with Crippen LogP contribution in [0.25, 0.3) is 0 Å². The number of alkyl halides is 1. The summed E-state index contributed by atoms with van der Waals surface area (Å²) in [6.07, 6.45) is 0.901. The summed E-state index contributed by atoms with van der Waals surface area (Å²) < 4.78 is 16.2. The highest BCUT2D eigenvalue weighted by Crippen LogP contribution is 2.23. The molecule has 0 saturated heterocycles. The van der Waals surface area contributed by atoms with Crippen molar-refractivity contribution in [3.8, 4) is 0 Å². The Balaban J connectivity index is 2.62. The van der Waals surface area contributed by atoms with Crippen LogP contribution in [0.3, 0.4) is 0 Å². The van der Waals surface area contributed by atoms with Crippen LogP contribution in [0.2, 0.25) is 6.04 Å². The molecule has 0 aromatic heterocycles. The molecule has 1 aromatic rings. The van der Waals surface area contributed by atoms with E-state index in [4.69, 9.17) is 13.3 Å². The predicted octanol–water partition coefficient (Wildman–Crippen LogP) is 3.56. The summed E-state index contributed by atoms with van der Waals surface area (Å²) in [5, 5.41) is 0. The summed E-state index contributed by atoms with van der Waals surface area (Å²) in [5.74, 6) is 0. The number of benzene rings is 1. The topological polar surface area (TPSA) is 27.7 Å². The minimum Gasteiger partial charge on any atom is -0.377 e. The maximum Gasteiger partial charge on any atom is 0.500 e. The third kappa shape index (κ3) is 4.17. The molecule has 0 amide bonds. The number of rotatable bonds is 7. The first-order valence-corrected chi connectivity index (χ1v) is 8.80. The monoisotopic (exact) mass is 332 g/mol. The van der Waals surface area contributed by atoms with Crippen molar-refractivity contribution in [3.05, 3.63) is 35.4 Å². The molecule has 1 atom stereocenters. The van der Waals surface area contributed by atoms with Crippen LogP contribution in [0.1, 0.15) is 22.9 Å². The van der Waals surface area contributed by atoms with Gasteiger partial charge >= 0.3 is 8.80 Å². The van der Waals surface area contributed by atoms with Gasteiger partial charge < -0.3 is 13.3 Å². The molecule has 1 aromatic carbocycles. The van der Waals surface area contributed by atoms with Crippen molar-refractivity contribution in [1.82, 2.24) is 0 Å². The van der Waals surface area contributed by atoms with E-state index in [1.54, 1.807) is 21.3 Å². The maximum atomic E-state index is 5.41. The second-order valence-electron chi connectivity index (χ2n) is 4.15. The van der Waals surface area contributed by atoms with E-state index in [-0.39, 0.29) is 0 Å². The van der Waals surface area contributed by atoms with Crippen molar-refractivity contribution in [2.45, 2.75) is 24.2 Å². The maximum absolute atomic E-state index is 5.41. The highest BCUT2D eigenvalue weighted by Gasteiger charge is 2.37. The molecule has 5 heteroatoms. The van der Waals surface area contributed by atoms with E-state index in [0.29, 0.717) is 4.83 Å². The van der Waals surface area contributed by atoms with Crippen LogP contribution < -0.4 is 0 Å². The molecule has 18 heavy (non-hydrogen) atoms. The van der Waals surface area contributed by atoms with E-state index in [0.717, 1.165) is 12.5 Å². The van der Waals surface area contributed by atoms with E-state index < -0.39 is 8.80 Å². The van der Waals surface area contributed by atoms with E-state index in [2.05, 4.69) is 47.1 Å². The van der Waals surface area contributed by atoms with Crippen molar-refractivity contribution in [2.24, 2.45) is 0 Å². The molecule has 0 aliphatic rings. The smallest absolute Gasteiger partial charge is 0.377 e. The molecule has 0 aliphatic heterocycles. The number of halogens is 1. The minimum absolute atomic E-state index is 0.386. The SMILES string of the molecule is CO[Si](CCc1ccc(C(C)Br)cc1)(OC)OC. The molecular weight excluding hydrogens is 312 g/mol. The molecule has 0 bridgehead atoms. The lowest BCUT2D eigenvalue weighted by molar-refractivity contribution is 0.123. The normalized spacial score (nSPS) is 13.6. The quantitative estimate of drug-likeness (QED) is 0.564. The van der Waals surface area contributed by atoms with E-state index in [1.807, 2.05) is 0 Å². The standard InChI is InChI=1S/C13H21BrO3Si/c1-11(14)13-7-5-12(6-8-13)9-10-18(15-2,16-3)17-4/h5-8,11H,9-10H2,1-4H3. The third-order valence-corrected chi connectivity index (χ3v) is 6.35. The van der Waals surface area contributed by atoms with Gasteiger partial charge in [-0.05, 0) is 24.5 Å². The second kappa shape index (κ2) is 7.40. The highest BCUT2D eigenvalue weighted by atomic mass is 79.9. The van der Waals surface area contributed by atoms with Crippen LogP contribution in [0.4, 0.5) is 0 Å². The van der Waals surface area contributed by atoms with Gasteiger partial charge in [0.2, 0.25) is 0 Å². The molecule has 0 spiro atoms. The van der Waals surface area contributed by atoms with Crippen LogP contribution in [0.5, 0.6) is 0 Å². The average Bonchev–Trinajstić information content (AvgIpc) is 2.41. The highest BCUT2D eigenvalue weighted by molar-refractivity contribution is 9.09. The summed E-state index contributed by atoms with van der Waals surface area (Å²) in [7, 11) is 2.50. The second-order valence-corrected chi connectivity index (χ2v) is 8.62. The zero-order valence-corrected chi connectivity index (χ0v) is 14.0. The van der Waals surface area contributed by atoms with Gasteiger partial charge in [0.05, 0.1) is 0 Å². The molecule has 0 N–H and O–H groups in total. The van der Waals surface area contributed by atoms with Crippen LogP contribution in [0, 0.1) is 0 Å². The summed E-state index contributed by atoms with van der Waals surface area (Å²) in [6.45, 7) is 2.12. The largest absolute Gasteiger partial charge is 0.500 e. The minimum atomic E-state index is -2.44. The third-order valence-electron chi connectivity index (χ3n) is 3.09. The van der Waals surface area contributed by atoms with Crippen molar-refractivity contribution >= 4 is 24.7 Å². The number of aryl methyl sites for hydroxylation is 1. The van der Waals surface area contributed by atoms with E-state index in [9.17, 15) is 0 Å². The first-order chi connectivity index (χ1) is 8.56. The Kier molecular flexibility index (Phi) is 6.52. The molecule has 0 radical (unpaired) electrons. The van der Waals surface area contributed by atoms with Crippen LogP contribution in [0.15, 0.2) is 24.3 Å². The van der Waals surface area contributed by atoms with Crippen LogP contribution in [-0.2, 0) is 19.7 Å². The Hall–Kier alpha value is -0.203. The summed E-state index contributed by atoms with van der Waals surface area (Å²) >= 11 is 3.56. The predicted molar refractivity (Wildman–Crippen MR) is 79.1 cm³/mol. The fourth-order valence-electron chi connectivity index (χ4n) is 1.80. The Morgan fingerprint density at radius 2 is 1.56 bits per heavy atom. The van der Waals surface area contributed by atoms with Gasteiger partial charge in [0.1, 0.15) is 0 Å². The lowest BCUT2D eigenvalue weighted by atomic mass is 10.1. The van der Waals surface area contributed by atoms with Gasteiger partial charge in [-0.25, -0.2) is 0 Å². The van der Waals surface area contributed by atoms with Gasteiger partial charge in [-0.1, -0.05) is 40.2 Å². The number of hydrogen-bond donors (Lipinski definition) is 0.